The lowest BCUT2D eigenvalue weighted by molar-refractivity contribution is -0.122. The fraction of sp³-hybridized carbons (Fsp3) is 0.393. The zero-order chi connectivity index (χ0) is 28.6. The molecule has 2 aromatic carbocycles. The van der Waals surface area contributed by atoms with Gasteiger partial charge in [-0.25, -0.2) is 0 Å². The minimum atomic E-state index is -0.282. The van der Waals surface area contributed by atoms with Crippen molar-refractivity contribution in [2.45, 2.75) is 25.7 Å². The minimum absolute atomic E-state index is 0.261. The van der Waals surface area contributed by atoms with Crippen molar-refractivity contribution >= 4 is 52.2 Å². The number of tetrazole rings is 1. The molecule has 1 N–H and O–H groups in total. The molecule has 3 heterocycles. The number of hydrogen-bond donors (Lipinski definition) is 1. The number of rotatable bonds is 12. The Labute approximate surface area is 252 Å². The van der Waals surface area contributed by atoms with Gasteiger partial charge in [-0.1, -0.05) is 47.0 Å². The number of unbranched alkanes of at least 4 members (excludes halogenated alkanes) is 2. The number of carbonyl (C=O) groups excluding carboxylic acids is 2. The molecule has 10 nitrogen and oxygen atoms in total. The van der Waals surface area contributed by atoms with Gasteiger partial charge in [0.1, 0.15) is 12.4 Å². The highest BCUT2D eigenvalue weighted by Crippen LogP contribution is 2.39. The lowest BCUT2D eigenvalue weighted by Crippen LogP contribution is -2.38. The van der Waals surface area contributed by atoms with Crippen LogP contribution in [0.4, 0.5) is 4.79 Å². The molecule has 2 amide bonds. The predicted octanol–water partition coefficient (Wildman–Crippen LogP) is 5.33. The maximum atomic E-state index is 13.1. The van der Waals surface area contributed by atoms with E-state index in [1.165, 1.54) is 4.90 Å². The number of aromatic amines is 1. The van der Waals surface area contributed by atoms with Crippen LogP contribution in [0.15, 0.2) is 41.3 Å². The third kappa shape index (κ3) is 7.87. The Morgan fingerprint density at radius 1 is 1.02 bits per heavy atom. The number of halogens is 2. The second-order valence-electron chi connectivity index (χ2n) is 9.65. The highest BCUT2D eigenvalue weighted by molar-refractivity contribution is 8.18. The summed E-state index contributed by atoms with van der Waals surface area (Å²) >= 11 is 13.7. The first kappa shape index (κ1) is 29.5. The fourth-order valence-electron chi connectivity index (χ4n) is 4.65. The summed E-state index contributed by atoms with van der Waals surface area (Å²) in [5.41, 5.74) is 2.31. The number of aromatic nitrogens is 4. The molecule has 0 radical (unpaired) electrons. The molecule has 0 spiro atoms. The minimum Gasteiger partial charge on any atom is -0.492 e. The van der Waals surface area contributed by atoms with Crippen molar-refractivity contribution < 1.29 is 19.1 Å². The molecule has 2 aliphatic heterocycles. The molecule has 0 bridgehead atoms. The predicted molar refractivity (Wildman–Crippen MR) is 159 cm³/mol. The standard InChI is InChI=1S/C28H30Cl2N6O4S/c29-20-6-7-21(23(30)18-20)22-16-19(5-8-24(22)40-15-12-35-10-13-39-14-11-35)17-25-27(37)36(28(38)41-25)9-3-1-2-4-26-31-33-34-32-26/h5-8,16-18H,1-4,9-15H2,(H,31,32,33,34)/b25-17-. The number of H-pyrrole nitrogens is 1. The van der Waals surface area contributed by atoms with E-state index in [1.54, 1.807) is 18.2 Å². The number of benzene rings is 2. The number of morpholine rings is 1. The molecule has 3 aromatic rings. The van der Waals surface area contributed by atoms with Crippen LogP contribution in [0, 0.1) is 0 Å². The van der Waals surface area contributed by atoms with Gasteiger partial charge in [0.25, 0.3) is 11.1 Å². The Bertz CT molecular complexity index is 1400. The van der Waals surface area contributed by atoms with Crippen LogP contribution >= 0.6 is 35.0 Å². The maximum absolute atomic E-state index is 13.1. The molecule has 0 saturated carbocycles. The van der Waals surface area contributed by atoms with Crippen LogP contribution in [-0.4, -0.2) is 87.6 Å². The van der Waals surface area contributed by atoms with E-state index in [0.29, 0.717) is 52.5 Å². The number of thioether (sulfide) groups is 1. The van der Waals surface area contributed by atoms with Gasteiger partial charge in [0, 0.05) is 48.7 Å². The van der Waals surface area contributed by atoms with Crippen LogP contribution in [0.2, 0.25) is 10.0 Å². The number of ether oxygens (including phenoxy) is 2. The molecule has 2 aliphatic rings. The van der Waals surface area contributed by atoms with Crippen molar-refractivity contribution in [1.29, 1.82) is 0 Å². The number of hydrogen-bond acceptors (Lipinski definition) is 9. The first-order valence-electron chi connectivity index (χ1n) is 13.5. The molecule has 216 valence electrons. The first-order chi connectivity index (χ1) is 20.0. The van der Waals surface area contributed by atoms with Crippen molar-refractivity contribution in [2.24, 2.45) is 0 Å². The van der Waals surface area contributed by atoms with E-state index in [2.05, 4.69) is 25.5 Å². The van der Waals surface area contributed by atoms with Crippen molar-refractivity contribution in [1.82, 2.24) is 30.4 Å². The number of aryl methyl sites for hydroxylation is 1. The molecule has 0 unspecified atom stereocenters. The largest absolute Gasteiger partial charge is 0.492 e. The van der Waals surface area contributed by atoms with Crippen LogP contribution in [0.1, 0.15) is 30.7 Å². The molecule has 41 heavy (non-hydrogen) atoms. The molecule has 1 aromatic heterocycles. The maximum Gasteiger partial charge on any atom is 0.293 e. The highest BCUT2D eigenvalue weighted by Gasteiger charge is 2.34. The highest BCUT2D eigenvalue weighted by atomic mass is 35.5. The van der Waals surface area contributed by atoms with E-state index < -0.39 is 0 Å². The van der Waals surface area contributed by atoms with E-state index >= 15 is 0 Å². The summed E-state index contributed by atoms with van der Waals surface area (Å²) in [7, 11) is 0. The average Bonchev–Trinajstić information content (AvgIpc) is 3.58. The van der Waals surface area contributed by atoms with E-state index in [0.717, 1.165) is 74.1 Å². The molecular weight excluding hydrogens is 587 g/mol. The molecule has 13 heteroatoms. The normalized spacial score (nSPS) is 17.1. The summed E-state index contributed by atoms with van der Waals surface area (Å²) in [6.07, 6.45) is 4.84. The van der Waals surface area contributed by atoms with Crippen LogP contribution in [0.3, 0.4) is 0 Å². The van der Waals surface area contributed by atoms with Crippen molar-refractivity contribution in [3.05, 3.63) is 62.7 Å². The summed E-state index contributed by atoms with van der Waals surface area (Å²) in [4.78, 5) is 29.7. The fourth-order valence-corrected chi connectivity index (χ4v) is 6.03. The molecule has 0 aliphatic carbocycles. The SMILES string of the molecule is O=C1S/C(=C\c2ccc(OCCN3CCOCC3)c(-c3ccc(Cl)cc3Cl)c2)C(=O)N1CCCCCc1nn[nH]n1. The topological polar surface area (TPSA) is 114 Å². The van der Waals surface area contributed by atoms with Crippen LogP contribution in [-0.2, 0) is 16.0 Å². The van der Waals surface area contributed by atoms with Crippen LogP contribution in [0.5, 0.6) is 5.75 Å². The van der Waals surface area contributed by atoms with Crippen molar-refractivity contribution in [2.75, 3.05) is 46.0 Å². The monoisotopic (exact) mass is 616 g/mol. The summed E-state index contributed by atoms with van der Waals surface area (Å²) in [5, 5.41) is 14.6. The van der Waals surface area contributed by atoms with Gasteiger partial charge < -0.3 is 9.47 Å². The van der Waals surface area contributed by atoms with Gasteiger partial charge in [-0.15, -0.1) is 10.2 Å². The van der Waals surface area contributed by atoms with Gasteiger partial charge in [-0.3, -0.25) is 19.4 Å². The Morgan fingerprint density at radius 2 is 1.88 bits per heavy atom. The van der Waals surface area contributed by atoms with Crippen molar-refractivity contribution in [3.8, 4) is 16.9 Å². The van der Waals surface area contributed by atoms with Gasteiger partial charge in [-0.05, 0) is 60.5 Å². The number of amides is 2. The van der Waals surface area contributed by atoms with E-state index in [1.807, 2.05) is 24.3 Å². The third-order valence-electron chi connectivity index (χ3n) is 6.84. The third-order valence-corrected chi connectivity index (χ3v) is 8.29. The summed E-state index contributed by atoms with van der Waals surface area (Å²) in [6, 6.07) is 11.0. The number of nitrogens with one attached hydrogen (secondary N) is 1. The Hall–Kier alpha value is -2.96. The van der Waals surface area contributed by atoms with Gasteiger partial charge >= 0.3 is 0 Å². The first-order valence-corrected chi connectivity index (χ1v) is 15.1. The summed E-state index contributed by atoms with van der Waals surface area (Å²) in [6.45, 7) is 4.88. The summed E-state index contributed by atoms with van der Waals surface area (Å²) < 4.78 is 11.6. The average molecular weight is 618 g/mol. The van der Waals surface area contributed by atoms with Gasteiger partial charge in [-0.2, -0.15) is 5.21 Å². The van der Waals surface area contributed by atoms with E-state index in [9.17, 15) is 9.59 Å². The Morgan fingerprint density at radius 3 is 2.66 bits per heavy atom. The van der Waals surface area contributed by atoms with Gasteiger partial charge in [0.05, 0.1) is 23.1 Å². The summed E-state index contributed by atoms with van der Waals surface area (Å²) in [5.74, 6) is 1.05. The zero-order valence-electron chi connectivity index (χ0n) is 22.4. The lowest BCUT2D eigenvalue weighted by Gasteiger charge is -2.26. The number of nitrogens with zero attached hydrogens (tertiary/aromatic N) is 5. The van der Waals surface area contributed by atoms with Gasteiger partial charge in [0.15, 0.2) is 5.82 Å². The second kappa shape index (κ2) is 14.3. The van der Waals surface area contributed by atoms with Crippen LogP contribution < -0.4 is 4.74 Å². The Kier molecular flexibility index (Phi) is 10.3. The van der Waals surface area contributed by atoms with E-state index in [4.69, 9.17) is 32.7 Å². The number of imide groups is 1. The Balaban J connectivity index is 1.27. The second-order valence-corrected chi connectivity index (χ2v) is 11.5. The smallest absolute Gasteiger partial charge is 0.293 e. The van der Waals surface area contributed by atoms with Gasteiger partial charge in [0.2, 0.25) is 0 Å². The molecule has 0 atom stereocenters. The molecule has 2 fully saturated rings. The lowest BCUT2D eigenvalue weighted by atomic mass is 10.0. The van der Waals surface area contributed by atoms with Crippen molar-refractivity contribution in [3.63, 3.8) is 0 Å². The molecule has 5 rings (SSSR count). The number of carbonyl (C=O) groups is 2. The molecule has 2 saturated heterocycles. The van der Waals surface area contributed by atoms with E-state index in [-0.39, 0.29) is 11.1 Å². The quantitative estimate of drug-likeness (QED) is 0.213. The molecular formula is C28H30Cl2N6O4S. The zero-order valence-corrected chi connectivity index (χ0v) is 24.7. The van der Waals surface area contributed by atoms with Crippen LogP contribution in [0.25, 0.3) is 17.2 Å².